The molecule has 0 fully saturated rings. The van der Waals surface area contributed by atoms with Gasteiger partial charge < -0.3 is 5.11 Å². The Morgan fingerprint density at radius 1 is 1.53 bits per heavy atom. The topological polar surface area (TPSA) is 83.5 Å². The second kappa shape index (κ2) is 6.49. The second-order valence-electron chi connectivity index (χ2n) is 4.55. The molecule has 1 aromatic heterocycles. The molecule has 0 aliphatic rings. The Balaban J connectivity index is 3.01. The van der Waals surface area contributed by atoms with Gasteiger partial charge in [-0.3, -0.25) is 0 Å². The van der Waals surface area contributed by atoms with E-state index in [1.54, 1.807) is 19.2 Å². The number of nitrogens with one attached hydrogen (secondary N) is 1. The third-order valence-electron chi connectivity index (χ3n) is 2.73. The van der Waals surface area contributed by atoms with E-state index in [1.807, 2.05) is 6.92 Å². The first-order chi connectivity index (χ1) is 8.79. The molecule has 0 spiro atoms. The Morgan fingerprint density at radius 3 is 2.68 bits per heavy atom. The first-order valence-electron chi connectivity index (χ1n) is 6.13. The highest BCUT2D eigenvalue weighted by molar-refractivity contribution is 7.89. The highest BCUT2D eigenvalue weighted by atomic mass is 32.2. The zero-order chi connectivity index (χ0) is 14.6. The van der Waals surface area contributed by atoms with Crippen LogP contribution in [0.2, 0.25) is 0 Å². The lowest BCUT2D eigenvalue weighted by atomic mass is 10.2. The van der Waals surface area contributed by atoms with E-state index < -0.39 is 16.0 Å². The highest BCUT2D eigenvalue weighted by Crippen LogP contribution is 2.27. The monoisotopic (exact) mass is 305 g/mol. The van der Waals surface area contributed by atoms with E-state index in [2.05, 4.69) is 4.72 Å². The average molecular weight is 305 g/mol. The van der Waals surface area contributed by atoms with Crippen LogP contribution in [0.25, 0.3) is 0 Å². The van der Waals surface area contributed by atoms with Crippen molar-refractivity contribution in [3.05, 3.63) is 15.8 Å². The van der Waals surface area contributed by atoms with Crippen LogP contribution in [0.15, 0.2) is 10.3 Å². The molecule has 1 heterocycles. The van der Waals surface area contributed by atoms with Gasteiger partial charge in [0.05, 0.1) is 0 Å². The van der Waals surface area contributed by atoms with E-state index in [9.17, 15) is 13.2 Å². The van der Waals surface area contributed by atoms with E-state index in [-0.39, 0.29) is 15.8 Å². The number of hydrogen-bond acceptors (Lipinski definition) is 4. The molecule has 0 saturated carbocycles. The lowest BCUT2D eigenvalue weighted by Crippen LogP contribution is -2.33. The number of sulfonamides is 1. The van der Waals surface area contributed by atoms with Crippen LogP contribution in [0.4, 0.5) is 0 Å². The Bertz CT molecular complexity index is 548. The van der Waals surface area contributed by atoms with Crippen molar-refractivity contribution >= 4 is 27.3 Å². The molecule has 0 aliphatic heterocycles. The van der Waals surface area contributed by atoms with E-state index in [4.69, 9.17) is 5.11 Å². The van der Waals surface area contributed by atoms with Crippen molar-refractivity contribution in [2.45, 2.75) is 51.0 Å². The lowest BCUT2D eigenvalue weighted by Gasteiger charge is -2.14. The number of aryl methyl sites for hydroxylation is 1. The van der Waals surface area contributed by atoms with Gasteiger partial charge in [-0.25, -0.2) is 17.9 Å². The Morgan fingerprint density at radius 2 is 2.16 bits per heavy atom. The van der Waals surface area contributed by atoms with Gasteiger partial charge in [0, 0.05) is 6.04 Å². The van der Waals surface area contributed by atoms with Gasteiger partial charge in [0.15, 0.2) is 0 Å². The van der Waals surface area contributed by atoms with Crippen molar-refractivity contribution in [3.8, 4) is 0 Å². The summed E-state index contributed by atoms with van der Waals surface area (Å²) in [6.07, 6.45) is 2.66. The normalized spacial score (nSPS) is 13.4. The van der Waals surface area contributed by atoms with Gasteiger partial charge in [-0.1, -0.05) is 19.8 Å². The predicted octanol–water partition coefficient (Wildman–Crippen LogP) is 2.61. The summed E-state index contributed by atoms with van der Waals surface area (Å²) < 4.78 is 27.0. The molecule has 1 unspecified atom stereocenters. The van der Waals surface area contributed by atoms with Crippen LogP contribution in [-0.2, 0) is 10.0 Å². The van der Waals surface area contributed by atoms with Crippen LogP contribution < -0.4 is 4.72 Å². The minimum atomic E-state index is -3.77. The number of carboxylic acids is 1. The molecular weight excluding hydrogens is 286 g/mol. The molecule has 5 nitrogen and oxygen atoms in total. The highest BCUT2D eigenvalue weighted by Gasteiger charge is 2.27. The summed E-state index contributed by atoms with van der Waals surface area (Å²) in [5.74, 6) is -1.21. The molecule has 0 amide bonds. The van der Waals surface area contributed by atoms with Crippen LogP contribution in [0.5, 0.6) is 0 Å². The quantitative estimate of drug-likeness (QED) is 0.811. The van der Waals surface area contributed by atoms with Gasteiger partial charge >= 0.3 is 5.97 Å². The number of unbranched alkanes of at least 4 members (excludes halogenated alkanes) is 1. The molecule has 19 heavy (non-hydrogen) atoms. The van der Waals surface area contributed by atoms with Crippen LogP contribution in [0.3, 0.4) is 0 Å². The maximum Gasteiger partial charge on any atom is 0.347 e. The number of hydrogen-bond donors (Lipinski definition) is 2. The molecule has 2 N–H and O–H groups in total. The van der Waals surface area contributed by atoms with Crippen LogP contribution >= 0.6 is 11.3 Å². The van der Waals surface area contributed by atoms with E-state index in [0.717, 1.165) is 30.6 Å². The number of carboxylic acid groups (broad SMARTS) is 1. The summed E-state index contributed by atoms with van der Waals surface area (Å²) in [6.45, 7) is 5.43. The van der Waals surface area contributed by atoms with Crippen LogP contribution in [-0.4, -0.2) is 25.5 Å². The smallest absolute Gasteiger partial charge is 0.347 e. The molecule has 108 valence electrons. The van der Waals surface area contributed by atoms with Gasteiger partial charge in [-0.2, -0.15) is 0 Å². The minimum Gasteiger partial charge on any atom is -0.477 e. The molecule has 1 rings (SSSR count). The molecule has 7 heteroatoms. The number of aromatic carboxylic acids is 1. The van der Waals surface area contributed by atoms with Crippen LogP contribution in [0, 0.1) is 6.92 Å². The summed E-state index contributed by atoms with van der Waals surface area (Å²) >= 11 is 0.937. The summed E-state index contributed by atoms with van der Waals surface area (Å²) in [7, 11) is -3.77. The maximum absolute atomic E-state index is 12.2. The summed E-state index contributed by atoms with van der Waals surface area (Å²) in [4.78, 5) is 10.8. The van der Waals surface area contributed by atoms with Gasteiger partial charge in [-0.05, 0) is 31.2 Å². The molecule has 1 atom stereocenters. The predicted molar refractivity (Wildman–Crippen MR) is 75.3 cm³/mol. The van der Waals surface area contributed by atoms with E-state index in [1.165, 1.54) is 0 Å². The Labute approximate surface area is 117 Å². The molecule has 0 saturated heterocycles. The summed E-state index contributed by atoms with van der Waals surface area (Å²) in [5, 5.41) is 10.6. The van der Waals surface area contributed by atoms with Crippen molar-refractivity contribution in [1.29, 1.82) is 0 Å². The zero-order valence-corrected chi connectivity index (χ0v) is 12.9. The van der Waals surface area contributed by atoms with Gasteiger partial charge in [-0.15, -0.1) is 11.3 Å². The minimum absolute atomic E-state index is 0.103. The average Bonchev–Trinajstić information content (AvgIpc) is 2.68. The molecule has 1 aromatic rings. The third kappa shape index (κ3) is 4.02. The molecular formula is C12H19NO4S2. The number of carbonyl (C=O) groups is 1. The second-order valence-corrected chi connectivity index (χ2v) is 7.08. The van der Waals surface area contributed by atoms with Crippen LogP contribution in [0.1, 0.15) is 48.3 Å². The maximum atomic E-state index is 12.2. The molecule has 0 radical (unpaired) electrons. The Kier molecular flexibility index (Phi) is 5.51. The zero-order valence-electron chi connectivity index (χ0n) is 11.3. The van der Waals surface area contributed by atoms with E-state index in [0.29, 0.717) is 5.56 Å². The fourth-order valence-electron chi connectivity index (χ4n) is 1.81. The Hall–Kier alpha value is -0.920. The number of thiophene rings is 1. The first kappa shape index (κ1) is 16.1. The summed E-state index contributed by atoms with van der Waals surface area (Å²) in [6, 6.07) is -0.203. The van der Waals surface area contributed by atoms with Gasteiger partial charge in [0.25, 0.3) is 0 Å². The number of rotatable bonds is 7. The van der Waals surface area contributed by atoms with Crippen molar-refractivity contribution in [2.24, 2.45) is 0 Å². The summed E-state index contributed by atoms with van der Waals surface area (Å²) in [5.41, 5.74) is 0.470. The fraction of sp³-hybridized carbons (Fsp3) is 0.583. The fourth-order valence-corrected chi connectivity index (χ4v) is 4.72. The third-order valence-corrected chi connectivity index (χ3v) is 5.72. The largest absolute Gasteiger partial charge is 0.477 e. The van der Waals surface area contributed by atoms with Crippen molar-refractivity contribution in [1.82, 2.24) is 4.72 Å². The molecule has 0 bridgehead atoms. The van der Waals surface area contributed by atoms with Gasteiger partial charge in [0.2, 0.25) is 10.0 Å². The molecule has 0 aromatic carbocycles. The van der Waals surface area contributed by atoms with Crippen molar-refractivity contribution < 1.29 is 18.3 Å². The lowest BCUT2D eigenvalue weighted by molar-refractivity contribution is 0.0698. The van der Waals surface area contributed by atoms with Crippen molar-refractivity contribution in [3.63, 3.8) is 0 Å². The molecule has 0 aliphatic carbocycles. The SMILES string of the molecule is CCCCC(C)NS(=O)(=O)c1c(C)csc1C(=O)O. The first-order valence-corrected chi connectivity index (χ1v) is 8.49. The van der Waals surface area contributed by atoms with Crippen molar-refractivity contribution in [2.75, 3.05) is 0 Å². The standard InChI is InChI=1S/C12H19NO4S2/c1-4-5-6-9(3)13-19(16,17)11-8(2)7-18-10(11)12(14)15/h7,9,13H,4-6H2,1-3H3,(H,14,15). The van der Waals surface area contributed by atoms with Gasteiger partial charge in [0.1, 0.15) is 9.77 Å². The van der Waals surface area contributed by atoms with E-state index >= 15 is 0 Å².